The van der Waals surface area contributed by atoms with Gasteiger partial charge in [-0.3, -0.25) is 0 Å². The minimum Gasteiger partial charge on any atom is -0.324 e. The molecule has 166 valence electrons. The average Bonchev–Trinajstić information content (AvgIpc) is 3.13. The van der Waals surface area contributed by atoms with E-state index in [9.17, 15) is 0 Å². The van der Waals surface area contributed by atoms with Gasteiger partial charge in [0, 0.05) is 23.8 Å². The maximum absolute atomic E-state index is 6.64. The van der Waals surface area contributed by atoms with E-state index in [1.165, 1.54) is 12.0 Å². The molecule has 2 bridgehead atoms. The van der Waals surface area contributed by atoms with Crippen LogP contribution in [-0.2, 0) is 19.2 Å². The zero-order chi connectivity index (χ0) is 21.4. The van der Waals surface area contributed by atoms with Crippen molar-refractivity contribution in [2.24, 2.45) is 23.7 Å². The summed E-state index contributed by atoms with van der Waals surface area (Å²) in [6.45, 7) is 8.61. The van der Waals surface area contributed by atoms with Crippen molar-refractivity contribution >= 4 is 0 Å². The summed E-state index contributed by atoms with van der Waals surface area (Å²) < 4.78 is 15.0. The molecule has 2 aromatic rings. The number of hydrogen-bond acceptors (Lipinski definition) is 6. The SMILES string of the molecule is Cc1ccc(-c2cn([C@@H]3O[C@@H]4O[C@@]5(C)CC[C@H]6[C@H](C)CC[C@@H]([C@H]3C)[C@@]46OO5)nn2)cc1. The highest BCUT2D eigenvalue weighted by Gasteiger charge is 2.69. The first-order valence-electron chi connectivity index (χ1n) is 11.6. The summed E-state index contributed by atoms with van der Waals surface area (Å²) in [5.41, 5.74) is 2.57. The minimum absolute atomic E-state index is 0.188. The van der Waals surface area contributed by atoms with Crippen LogP contribution in [0, 0.1) is 30.6 Å². The van der Waals surface area contributed by atoms with Gasteiger partial charge < -0.3 is 9.47 Å². The maximum atomic E-state index is 6.64. The molecule has 1 saturated carbocycles. The first kappa shape index (κ1) is 19.9. The smallest absolute Gasteiger partial charge is 0.201 e. The second-order valence-electron chi connectivity index (χ2n) is 10.2. The number of fused-ring (bicyclic) bond motifs is 2. The summed E-state index contributed by atoms with van der Waals surface area (Å²) in [6.07, 6.45) is 5.36. The van der Waals surface area contributed by atoms with E-state index >= 15 is 0 Å². The Kier molecular flexibility index (Phi) is 4.39. The van der Waals surface area contributed by atoms with Crippen LogP contribution >= 0.6 is 0 Å². The van der Waals surface area contributed by atoms with Gasteiger partial charge in [0.2, 0.25) is 5.79 Å². The molecular weight excluding hydrogens is 394 g/mol. The molecule has 1 spiro atoms. The van der Waals surface area contributed by atoms with Crippen LogP contribution in [0.2, 0.25) is 0 Å². The lowest BCUT2D eigenvalue weighted by atomic mass is 9.58. The minimum atomic E-state index is -0.766. The van der Waals surface area contributed by atoms with Gasteiger partial charge in [0.15, 0.2) is 18.1 Å². The lowest BCUT2D eigenvalue weighted by Gasteiger charge is -2.60. The molecule has 1 aliphatic carbocycles. The fourth-order valence-corrected chi connectivity index (χ4v) is 6.45. The first-order chi connectivity index (χ1) is 14.9. The molecular formula is C24H31N3O4. The third kappa shape index (κ3) is 2.86. The average molecular weight is 426 g/mol. The Balaban J connectivity index is 1.36. The van der Waals surface area contributed by atoms with Crippen molar-refractivity contribution < 1.29 is 19.2 Å². The Labute approximate surface area is 182 Å². The molecule has 4 aliphatic heterocycles. The van der Waals surface area contributed by atoms with Crippen LogP contribution in [0.15, 0.2) is 30.5 Å². The van der Waals surface area contributed by atoms with E-state index < -0.39 is 17.7 Å². The van der Waals surface area contributed by atoms with E-state index in [1.807, 2.05) is 17.8 Å². The predicted molar refractivity (Wildman–Crippen MR) is 112 cm³/mol. The van der Waals surface area contributed by atoms with Crippen LogP contribution in [0.3, 0.4) is 0 Å². The van der Waals surface area contributed by atoms with Gasteiger partial charge in [-0.1, -0.05) is 48.9 Å². The standard InChI is InChI=1S/C24H31N3O4/c1-14-5-8-17(9-6-14)20-13-27(26-25-20)21-16(3)19-10-7-15(2)18-11-12-23(4)29-22(28-21)24(18,19)31-30-23/h5-6,8-9,13,15-16,18-19,21-22H,7,10-12H2,1-4H3/t15-,16-,18+,19+,21-,22-,23-,24-/m1/s1. The number of aryl methyl sites for hydroxylation is 1. The third-order valence-electron chi connectivity index (χ3n) is 8.24. The monoisotopic (exact) mass is 425 g/mol. The molecule has 1 aromatic heterocycles. The highest BCUT2D eigenvalue weighted by atomic mass is 17.3. The fraction of sp³-hybridized carbons (Fsp3) is 0.667. The molecule has 5 fully saturated rings. The number of nitrogens with zero attached hydrogens (tertiary/aromatic N) is 3. The van der Waals surface area contributed by atoms with Gasteiger partial charge in [0.05, 0.1) is 6.20 Å². The van der Waals surface area contributed by atoms with E-state index in [4.69, 9.17) is 19.2 Å². The molecule has 7 nitrogen and oxygen atoms in total. The Morgan fingerprint density at radius 2 is 1.84 bits per heavy atom. The van der Waals surface area contributed by atoms with Crippen molar-refractivity contribution in [1.29, 1.82) is 0 Å². The van der Waals surface area contributed by atoms with Crippen LogP contribution < -0.4 is 0 Å². The fourth-order valence-electron chi connectivity index (χ4n) is 6.45. The summed E-state index contributed by atoms with van der Waals surface area (Å²) in [7, 11) is 0. The van der Waals surface area contributed by atoms with Crippen LogP contribution in [0.4, 0.5) is 0 Å². The zero-order valence-corrected chi connectivity index (χ0v) is 18.7. The van der Waals surface area contributed by atoms with E-state index in [2.05, 4.69) is 55.3 Å². The van der Waals surface area contributed by atoms with Gasteiger partial charge in [-0.15, -0.1) is 5.10 Å². The van der Waals surface area contributed by atoms with Gasteiger partial charge in [-0.25, -0.2) is 14.5 Å². The number of rotatable bonds is 2. The third-order valence-corrected chi connectivity index (χ3v) is 8.24. The van der Waals surface area contributed by atoms with Crippen molar-refractivity contribution in [2.75, 3.05) is 0 Å². The van der Waals surface area contributed by atoms with Crippen molar-refractivity contribution in [3.05, 3.63) is 36.0 Å². The lowest BCUT2D eigenvalue weighted by Crippen LogP contribution is -2.69. The van der Waals surface area contributed by atoms with Crippen molar-refractivity contribution in [3.63, 3.8) is 0 Å². The van der Waals surface area contributed by atoms with E-state index in [1.54, 1.807) is 0 Å². The van der Waals surface area contributed by atoms with Gasteiger partial charge in [-0.2, -0.15) is 0 Å². The number of aromatic nitrogens is 3. The molecule has 4 saturated heterocycles. The highest BCUT2D eigenvalue weighted by molar-refractivity contribution is 5.57. The molecule has 0 amide bonds. The normalized spacial score (nSPS) is 44.0. The van der Waals surface area contributed by atoms with Crippen molar-refractivity contribution in [3.8, 4) is 11.3 Å². The van der Waals surface area contributed by atoms with Gasteiger partial charge in [-0.05, 0) is 44.9 Å². The van der Waals surface area contributed by atoms with E-state index in [0.29, 0.717) is 11.8 Å². The quantitative estimate of drug-likeness (QED) is 0.654. The zero-order valence-electron chi connectivity index (χ0n) is 18.7. The predicted octanol–water partition coefficient (Wildman–Crippen LogP) is 4.63. The molecule has 7 heteroatoms. The second-order valence-corrected chi connectivity index (χ2v) is 10.2. The molecule has 0 N–H and O–H groups in total. The molecule has 7 rings (SSSR count). The number of hydrogen-bond donors (Lipinski definition) is 0. The first-order valence-corrected chi connectivity index (χ1v) is 11.6. The molecule has 31 heavy (non-hydrogen) atoms. The molecule has 5 heterocycles. The van der Waals surface area contributed by atoms with Crippen molar-refractivity contribution in [2.45, 2.75) is 77.3 Å². The molecule has 8 atom stereocenters. The molecule has 1 aromatic carbocycles. The largest absolute Gasteiger partial charge is 0.324 e. The molecule has 5 aliphatic rings. The van der Waals surface area contributed by atoms with Gasteiger partial charge >= 0.3 is 0 Å². The van der Waals surface area contributed by atoms with Crippen LogP contribution in [0.25, 0.3) is 11.3 Å². The van der Waals surface area contributed by atoms with Crippen LogP contribution in [0.5, 0.6) is 0 Å². The molecule has 0 radical (unpaired) electrons. The van der Waals surface area contributed by atoms with Gasteiger partial charge in [0.25, 0.3) is 0 Å². The number of benzene rings is 1. The summed E-state index contributed by atoms with van der Waals surface area (Å²) in [5.74, 6) is 0.611. The topological polar surface area (TPSA) is 67.6 Å². The lowest BCUT2D eigenvalue weighted by molar-refractivity contribution is -0.574. The summed E-state index contributed by atoms with van der Waals surface area (Å²) in [5, 5.41) is 8.90. The van der Waals surface area contributed by atoms with E-state index in [-0.39, 0.29) is 18.1 Å². The van der Waals surface area contributed by atoms with Crippen LogP contribution in [0.1, 0.15) is 58.2 Å². The Morgan fingerprint density at radius 3 is 2.65 bits per heavy atom. The molecule has 0 unspecified atom stereocenters. The van der Waals surface area contributed by atoms with E-state index in [0.717, 1.165) is 30.5 Å². The maximum Gasteiger partial charge on any atom is 0.201 e. The Hall–Kier alpha value is -1.80. The Morgan fingerprint density at radius 1 is 1.03 bits per heavy atom. The summed E-state index contributed by atoms with van der Waals surface area (Å²) >= 11 is 0. The highest BCUT2D eigenvalue weighted by Crippen LogP contribution is 2.61. The number of ether oxygens (including phenoxy) is 2. The Bertz CT molecular complexity index is 977. The van der Waals surface area contributed by atoms with Crippen LogP contribution in [-0.4, -0.2) is 32.7 Å². The van der Waals surface area contributed by atoms with Gasteiger partial charge in [0.1, 0.15) is 5.69 Å². The van der Waals surface area contributed by atoms with Crippen molar-refractivity contribution in [1.82, 2.24) is 15.0 Å². The second kappa shape index (κ2) is 6.85. The summed E-state index contributed by atoms with van der Waals surface area (Å²) in [6, 6.07) is 8.34. The summed E-state index contributed by atoms with van der Waals surface area (Å²) in [4.78, 5) is 12.1.